The van der Waals surface area contributed by atoms with E-state index in [0.29, 0.717) is 18.3 Å². The Morgan fingerprint density at radius 1 is 1.15 bits per heavy atom. The van der Waals surface area contributed by atoms with E-state index in [1.54, 1.807) is 6.08 Å². The number of aryl methyl sites for hydroxylation is 1. The molecule has 0 aromatic heterocycles. The maximum atomic E-state index is 5.66. The molecule has 0 aliphatic carbocycles. The van der Waals surface area contributed by atoms with E-state index in [2.05, 4.69) is 23.3 Å². The molecule has 0 fully saturated rings. The first-order valence-corrected chi connectivity index (χ1v) is 9.23. The number of hydrogen-bond acceptors (Lipinski definition) is 3. The molecule has 0 saturated carbocycles. The number of hydrogen-bond donors (Lipinski definition) is 2. The van der Waals surface area contributed by atoms with Crippen molar-refractivity contribution in [2.45, 2.75) is 19.8 Å². The van der Waals surface area contributed by atoms with Crippen molar-refractivity contribution >= 4 is 23.0 Å². The summed E-state index contributed by atoms with van der Waals surface area (Å²) in [6.45, 7) is 7.60. The first kappa shape index (κ1) is 19.8. The average molecular weight is 371 g/mol. The van der Waals surface area contributed by atoms with Gasteiger partial charge in [0.15, 0.2) is 5.11 Å². The lowest BCUT2D eigenvalue weighted by Crippen LogP contribution is -2.29. The number of thiocarbonyl (C=S) groups is 1. The molecule has 0 saturated heterocycles. The Bertz CT molecular complexity index is 719. The lowest BCUT2D eigenvalue weighted by atomic mass is 10.1. The van der Waals surface area contributed by atoms with E-state index >= 15 is 0 Å². The predicted octanol–water partition coefficient (Wildman–Crippen LogP) is 4.57. The first-order chi connectivity index (χ1) is 12.7. The molecule has 0 aliphatic heterocycles. The fourth-order valence-electron chi connectivity index (χ4n) is 2.48. The Balaban J connectivity index is 1.75. The van der Waals surface area contributed by atoms with Crippen molar-refractivity contribution in [1.29, 1.82) is 0 Å². The molecular formula is C21H26N2O2S. The van der Waals surface area contributed by atoms with Crippen molar-refractivity contribution in [3.63, 3.8) is 0 Å². The SMILES string of the molecule is C=CCOc1cccc(NC(=S)NCCCc2ccccc2OCC)c1. The molecule has 2 rings (SSSR count). The fraction of sp³-hybridized carbons (Fsp3) is 0.286. The Labute approximate surface area is 161 Å². The molecule has 26 heavy (non-hydrogen) atoms. The number of ether oxygens (including phenoxy) is 2. The van der Waals surface area contributed by atoms with E-state index in [1.165, 1.54) is 5.56 Å². The zero-order valence-corrected chi connectivity index (χ0v) is 16.0. The smallest absolute Gasteiger partial charge is 0.170 e. The van der Waals surface area contributed by atoms with Gasteiger partial charge in [0.1, 0.15) is 18.1 Å². The van der Waals surface area contributed by atoms with Gasteiger partial charge >= 0.3 is 0 Å². The van der Waals surface area contributed by atoms with E-state index in [1.807, 2.05) is 49.4 Å². The van der Waals surface area contributed by atoms with Gasteiger partial charge in [-0.15, -0.1) is 0 Å². The Kier molecular flexibility index (Phi) is 8.49. The Morgan fingerprint density at radius 2 is 2.00 bits per heavy atom. The van der Waals surface area contributed by atoms with Crippen LogP contribution < -0.4 is 20.1 Å². The van der Waals surface area contributed by atoms with Crippen molar-refractivity contribution in [3.8, 4) is 11.5 Å². The van der Waals surface area contributed by atoms with Crippen LogP contribution in [0.15, 0.2) is 61.2 Å². The topological polar surface area (TPSA) is 42.5 Å². The van der Waals surface area contributed by atoms with Crippen LogP contribution in [0.1, 0.15) is 18.9 Å². The highest BCUT2D eigenvalue weighted by atomic mass is 32.1. The quantitative estimate of drug-likeness (QED) is 0.364. The summed E-state index contributed by atoms with van der Waals surface area (Å²) in [4.78, 5) is 0. The van der Waals surface area contributed by atoms with Gasteiger partial charge < -0.3 is 20.1 Å². The molecule has 0 aliphatic rings. The minimum atomic E-state index is 0.482. The van der Waals surface area contributed by atoms with E-state index in [-0.39, 0.29) is 0 Å². The van der Waals surface area contributed by atoms with Crippen LogP contribution in [0.4, 0.5) is 5.69 Å². The van der Waals surface area contributed by atoms with Gasteiger partial charge in [-0.05, 0) is 55.7 Å². The van der Waals surface area contributed by atoms with Crippen molar-refractivity contribution in [3.05, 3.63) is 66.7 Å². The van der Waals surface area contributed by atoms with Gasteiger partial charge in [0.05, 0.1) is 6.61 Å². The van der Waals surface area contributed by atoms with Crippen molar-refractivity contribution < 1.29 is 9.47 Å². The molecule has 0 bridgehead atoms. The lowest BCUT2D eigenvalue weighted by Gasteiger charge is -2.13. The molecule has 0 atom stereocenters. The monoisotopic (exact) mass is 370 g/mol. The molecule has 0 spiro atoms. The highest BCUT2D eigenvalue weighted by Crippen LogP contribution is 2.19. The maximum absolute atomic E-state index is 5.66. The first-order valence-electron chi connectivity index (χ1n) is 8.82. The van der Waals surface area contributed by atoms with Gasteiger partial charge in [0, 0.05) is 18.3 Å². The van der Waals surface area contributed by atoms with Gasteiger partial charge in [-0.1, -0.05) is 36.9 Å². The standard InChI is InChI=1S/C21H26N2O2S/c1-3-15-25-19-12-7-11-18(16-19)23-21(26)22-14-8-10-17-9-5-6-13-20(17)24-4-2/h3,5-7,9,11-13,16H,1,4,8,10,14-15H2,2H3,(H2,22,23,26). The van der Waals surface area contributed by atoms with Crippen LogP contribution in [0, 0.1) is 0 Å². The Hall–Kier alpha value is -2.53. The van der Waals surface area contributed by atoms with Crippen LogP contribution in [-0.2, 0) is 6.42 Å². The van der Waals surface area contributed by atoms with E-state index in [4.69, 9.17) is 21.7 Å². The normalized spacial score (nSPS) is 10.0. The Morgan fingerprint density at radius 3 is 2.81 bits per heavy atom. The summed E-state index contributed by atoms with van der Waals surface area (Å²) in [5.41, 5.74) is 2.12. The van der Waals surface area contributed by atoms with Gasteiger partial charge in [-0.2, -0.15) is 0 Å². The molecule has 4 nitrogen and oxygen atoms in total. The van der Waals surface area contributed by atoms with Crippen LogP contribution in [0.5, 0.6) is 11.5 Å². The number of nitrogens with one attached hydrogen (secondary N) is 2. The van der Waals surface area contributed by atoms with E-state index in [0.717, 1.165) is 36.6 Å². The molecule has 2 N–H and O–H groups in total. The summed E-state index contributed by atoms with van der Waals surface area (Å²) in [6, 6.07) is 15.9. The molecule has 0 amide bonds. The molecular weight excluding hydrogens is 344 g/mol. The van der Waals surface area contributed by atoms with Crippen LogP contribution in [0.25, 0.3) is 0 Å². The summed E-state index contributed by atoms with van der Waals surface area (Å²) in [7, 11) is 0. The molecule has 0 heterocycles. The van der Waals surface area contributed by atoms with Crippen molar-refractivity contribution in [1.82, 2.24) is 5.32 Å². The van der Waals surface area contributed by atoms with E-state index < -0.39 is 0 Å². The van der Waals surface area contributed by atoms with Gasteiger partial charge in [0.2, 0.25) is 0 Å². The molecule has 138 valence electrons. The maximum Gasteiger partial charge on any atom is 0.170 e. The van der Waals surface area contributed by atoms with Gasteiger partial charge in [0.25, 0.3) is 0 Å². The molecule has 2 aromatic rings. The predicted molar refractivity (Wildman–Crippen MR) is 112 cm³/mol. The summed E-state index contributed by atoms with van der Waals surface area (Å²) >= 11 is 5.36. The molecule has 0 unspecified atom stereocenters. The van der Waals surface area contributed by atoms with Crippen LogP contribution >= 0.6 is 12.2 Å². The summed E-state index contributed by atoms with van der Waals surface area (Å²) < 4.78 is 11.2. The van der Waals surface area contributed by atoms with Crippen LogP contribution in [0.3, 0.4) is 0 Å². The van der Waals surface area contributed by atoms with Crippen molar-refractivity contribution in [2.75, 3.05) is 25.1 Å². The fourth-order valence-corrected chi connectivity index (χ4v) is 2.70. The highest BCUT2D eigenvalue weighted by Gasteiger charge is 2.03. The van der Waals surface area contributed by atoms with Crippen molar-refractivity contribution in [2.24, 2.45) is 0 Å². The molecule has 2 aromatic carbocycles. The second-order valence-electron chi connectivity index (χ2n) is 5.65. The average Bonchev–Trinajstić information content (AvgIpc) is 2.65. The highest BCUT2D eigenvalue weighted by molar-refractivity contribution is 7.80. The van der Waals surface area contributed by atoms with Crippen LogP contribution in [-0.4, -0.2) is 24.9 Å². The largest absolute Gasteiger partial charge is 0.494 e. The summed E-state index contributed by atoms with van der Waals surface area (Å²) in [6.07, 6.45) is 3.63. The molecule has 0 radical (unpaired) electrons. The number of anilines is 1. The minimum Gasteiger partial charge on any atom is -0.494 e. The minimum absolute atomic E-state index is 0.482. The zero-order chi connectivity index (χ0) is 18.6. The lowest BCUT2D eigenvalue weighted by molar-refractivity contribution is 0.336. The zero-order valence-electron chi connectivity index (χ0n) is 15.2. The third kappa shape index (κ3) is 6.76. The van der Waals surface area contributed by atoms with E-state index in [9.17, 15) is 0 Å². The third-order valence-corrected chi connectivity index (χ3v) is 3.89. The summed E-state index contributed by atoms with van der Waals surface area (Å²) in [5.74, 6) is 1.75. The number of para-hydroxylation sites is 1. The second kappa shape index (κ2) is 11.2. The summed E-state index contributed by atoms with van der Waals surface area (Å²) in [5, 5.41) is 7.02. The number of rotatable bonds is 10. The van der Waals surface area contributed by atoms with Crippen LogP contribution in [0.2, 0.25) is 0 Å². The molecule has 5 heteroatoms. The third-order valence-electron chi connectivity index (χ3n) is 3.64. The van der Waals surface area contributed by atoms with Gasteiger partial charge in [-0.3, -0.25) is 0 Å². The van der Waals surface area contributed by atoms with Gasteiger partial charge in [-0.25, -0.2) is 0 Å². The number of benzene rings is 2. The second-order valence-corrected chi connectivity index (χ2v) is 6.06.